The van der Waals surface area contributed by atoms with Crippen molar-refractivity contribution < 1.29 is 5.11 Å². The number of hydrogen-bond acceptors (Lipinski definition) is 1. The van der Waals surface area contributed by atoms with Crippen molar-refractivity contribution >= 4 is 0 Å². The van der Waals surface area contributed by atoms with Crippen molar-refractivity contribution in [3.63, 3.8) is 0 Å². The fourth-order valence-electron chi connectivity index (χ4n) is 0.359. The highest BCUT2D eigenvalue weighted by Crippen LogP contribution is 1.94. The Morgan fingerprint density at radius 3 is 1.43 bits per heavy atom. The molecule has 0 heterocycles. The van der Waals surface area contributed by atoms with Gasteiger partial charge in [0.1, 0.15) is 0 Å². The highest BCUT2D eigenvalue weighted by Gasteiger charge is 1.92. The fraction of sp³-hybridized carbons (Fsp3) is 0.846. The summed E-state index contributed by atoms with van der Waals surface area (Å²) < 4.78 is 0. The van der Waals surface area contributed by atoms with Gasteiger partial charge in [0.2, 0.25) is 0 Å². The molecular formula is C13H32O. The van der Waals surface area contributed by atoms with Crippen LogP contribution < -0.4 is 0 Å². The summed E-state index contributed by atoms with van der Waals surface area (Å²) in [5.41, 5.74) is 0. The minimum absolute atomic E-state index is 0.169. The summed E-state index contributed by atoms with van der Waals surface area (Å²) in [5, 5.41) is 8.79. The molecule has 0 saturated heterocycles. The van der Waals surface area contributed by atoms with E-state index in [1.165, 1.54) is 6.42 Å². The summed E-state index contributed by atoms with van der Waals surface area (Å²) in [4.78, 5) is 0. The Hall–Kier alpha value is -0.300. The van der Waals surface area contributed by atoms with Crippen LogP contribution in [0.3, 0.4) is 0 Å². The SMILES string of the molecule is C=CCC(O)CC.CC.CC.CCC. The van der Waals surface area contributed by atoms with Gasteiger partial charge in [-0.25, -0.2) is 0 Å². The van der Waals surface area contributed by atoms with Gasteiger partial charge in [-0.15, -0.1) is 6.58 Å². The Morgan fingerprint density at radius 2 is 1.36 bits per heavy atom. The quantitative estimate of drug-likeness (QED) is 0.655. The van der Waals surface area contributed by atoms with Gasteiger partial charge in [0, 0.05) is 0 Å². The standard InChI is InChI=1S/C6H12O.C3H8.2C2H6/c1-3-5-6(7)4-2;1-3-2;2*1-2/h3,6-7H,1,4-5H2,2H3;3H2,1-2H3;2*1-2H3. The summed E-state index contributed by atoms with van der Waals surface area (Å²) in [7, 11) is 0. The van der Waals surface area contributed by atoms with Gasteiger partial charge in [-0.1, -0.05) is 61.0 Å². The van der Waals surface area contributed by atoms with Gasteiger partial charge in [0.25, 0.3) is 0 Å². The minimum Gasteiger partial charge on any atom is -0.393 e. The van der Waals surface area contributed by atoms with E-state index in [2.05, 4.69) is 20.4 Å². The number of aliphatic hydroxyl groups excluding tert-OH is 1. The van der Waals surface area contributed by atoms with Gasteiger partial charge in [0.05, 0.1) is 6.10 Å². The topological polar surface area (TPSA) is 20.2 Å². The van der Waals surface area contributed by atoms with Crippen LogP contribution in [0.5, 0.6) is 0 Å². The maximum Gasteiger partial charge on any atom is 0.0571 e. The summed E-state index contributed by atoms with van der Waals surface area (Å²) in [6, 6.07) is 0. The van der Waals surface area contributed by atoms with Crippen molar-refractivity contribution in [3.8, 4) is 0 Å². The van der Waals surface area contributed by atoms with Crippen LogP contribution >= 0.6 is 0 Å². The van der Waals surface area contributed by atoms with Gasteiger partial charge in [0.15, 0.2) is 0 Å². The van der Waals surface area contributed by atoms with E-state index in [0.29, 0.717) is 0 Å². The molecule has 0 aromatic rings. The summed E-state index contributed by atoms with van der Waals surface area (Å²) in [6.45, 7) is 17.7. The first-order valence-electron chi connectivity index (χ1n) is 6.01. The lowest BCUT2D eigenvalue weighted by Crippen LogP contribution is -2.00. The number of hydrogen-bond donors (Lipinski definition) is 1. The molecule has 0 aromatic heterocycles. The number of rotatable bonds is 3. The predicted molar refractivity (Wildman–Crippen MR) is 69.8 cm³/mol. The predicted octanol–water partition coefficient (Wildman–Crippen LogP) is 4.80. The normalized spacial score (nSPS) is 8.86. The van der Waals surface area contributed by atoms with Crippen molar-refractivity contribution in [2.24, 2.45) is 0 Å². The zero-order valence-electron chi connectivity index (χ0n) is 11.4. The Labute approximate surface area is 92.2 Å². The fourth-order valence-corrected chi connectivity index (χ4v) is 0.359. The average molecular weight is 204 g/mol. The van der Waals surface area contributed by atoms with E-state index >= 15 is 0 Å². The van der Waals surface area contributed by atoms with E-state index in [1.807, 2.05) is 34.6 Å². The molecule has 14 heavy (non-hydrogen) atoms. The molecular weight excluding hydrogens is 172 g/mol. The number of aliphatic hydroxyl groups is 1. The molecule has 0 aromatic carbocycles. The lowest BCUT2D eigenvalue weighted by Gasteiger charge is -1.99. The molecule has 0 fully saturated rings. The Bertz CT molecular complexity index is 60.3. The molecule has 0 radical (unpaired) electrons. The highest BCUT2D eigenvalue weighted by atomic mass is 16.3. The average Bonchev–Trinajstić information content (AvgIpc) is 2.25. The summed E-state index contributed by atoms with van der Waals surface area (Å²) in [6.07, 6.45) is 4.36. The second-order valence-corrected chi connectivity index (χ2v) is 2.29. The van der Waals surface area contributed by atoms with Crippen LogP contribution in [0.2, 0.25) is 0 Å². The van der Waals surface area contributed by atoms with Gasteiger partial charge >= 0.3 is 0 Å². The first-order chi connectivity index (χ1) is 6.72. The minimum atomic E-state index is -0.169. The molecule has 1 N–H and O–H groups in total. The molecule has 1 nitrogen and oxygen atoms in total. The smallest absolute Gasteiger partial charge is 0.0571 e. The van der Waals surface area contributed by atoms with Crippen LogP contribution in [0.25, 0.3) is 0 Å². The zero-order valence-corrected chi connectivity index (χ0v) is 11.4. The van der Waals surface area contributed by atoms with E-state index < -0.39 is 0 Å². The molecule has 0 aliphatic carbocycles. The van der Waals surface area contributed by atoms with Crippen LogP contribution in [-0.4, -0.2) is 11.2 Å². The van der Waals surface area contributed by atoms with Crippen molar-refractivity contribution in [3.05, 3.63) is 12.7 Å². The first-order valence-corrected chi connectivity index (χ1v) is 6.01. The summed E-state index contributed by atoms with van der Waals surface area (Å²) in [5.74, 6) is 0. The van der Waals surface area contributed by atoms with Crippen LogP contribution in [0, 0.1) is 0 Å². The lowest BCUT2D eigenvalue weighted by atomic mass is 10.2. The Morgan fingerprint density at radius 1 is 1.07 bits per heavy atom. The monoisotopic (exact) mass is 204 g/mol. The molecule has 0 rings (SSSR count). The molecule has 0 aliphatic rings. The first kappa shape index (κ1) is 23.5. The molecule has 0 spiro atoms. The molecule has 1 atom stereocenters. The van der Waals surface area contributed by atoms with Crippen LogP contribution in [0.15, 0.2) is 12.7 Å². The van der Waals surface area contributed by atoms with Gasteiger partial charge in [-0.3, -0.25) is 0 Å². The van der Waals surface area contributed by atoms with Crippen LogP contribution in [-0.2, 0) is 0 Å². The van der Waals surface area contributed by atoms with Crippen molar-refractivity contribution in [1.82, 2.24) is 0 Å². The largest absolute Gasteiger partial charge is 0.393 e. The van der Waals surface area contributed by atoms with Crippen LogP contribution in [0.4, 0.5) is 0 Å². The zero-order chi connectivity index (χ0) is 12.4. The molecule has 0 bridgehead atoms. The van der Waals surface area contributed by atoms with Gasteiger partial charge < -0.3 is 5.11 Å². The maximum absolute atomic E-state index is 8.79. The highest BCUT2D eigenvalue weighted by molar-refractivity contribution is 4.70. The van der Waals surface area contributed by atoms with Crippen molar-refractivity contribution in [2.45, 2.75) is 73.8 Å². The van der Waals surface area contributed by atoms with Crippen molar-refractivity contribution in [1.29, 1.82) is 0 Å². The van der Waals surface area contributed by atoms with E-state index in [1.54, 1.807) is 6.08 Å². The molecule has 1 heteroatoms. The van der Waals surface area contributed by atoms with E-state index in [-0.39, 0.29) is 6.10 Å². The Balaban J connectivity index is -0.0000000603. The Kier molecular flexibility index (Phi) is 65.0. The molecule has 90 valence electrons. The maximum atomic E-state index is 8.79. The molecule has 1 unspecified atom stereocenters. The third-order valence-corrected chi connectivity index (χ3v) is 0.910. The van der Waals surface area contributed by atoms with E-state index in [0.717, 1.165) is 12.8 Å². The third-order valence-electron chi connectivity index (χ3n) is 0.910. The van der Waals surface area contributed by atoms with Gasteiger partial charge in [-0.05, 0) is 12.8 Å². The second kappa shape index (κ2) is 38.7. The lowest BCUT2D eigenvalue weighted by molar-refractivity contribution is 0.174. The second-order valence-electron chi connectivity index (χ2n) is 2.29. The van der Waals surface area contributed by atoms with Crippen LogP contribution in [0.1, 0.15) is 67.7 Å². The van der Waals surface area contributed by atoms with E-state index in [4.69, 9.17) is 5.11 Å². The molecule has 0 amide bonds. The van der Waals surface area contributed by atoms with E-state index in [9.17, 15) is 0 Å². The summed E-state index contributed by atoms with van der Waals surface area (Å²) >= 11 is 0. The van der Waals surface area contributed by atoms with Crippen molar-refractivity contribution in [2.75, 3.05) is 0 Å². The third kappa shape index (κ3) is 60.6. The van der Waals surface area contributed by atoms with Gasteiger partial charge in [-0.2, -0.15) is 0 Å². The molecule has 0 saturated carbocycles. The molecule has 0 aliphatic heterocycles.